The summed E-state index contributed by atoms with van der Waals surface area (Å²) in [7, 11) is 2.15. The molecule has 2 aliphatic rings. The predicted octanol–water partition coefficient (Wildman–Crippen LogP) is 2.49. The topological polar surface area (TPSA) is 58.4 Å². The van der Waals surface area contributed by atoms with Crippen molar-refractivity contribution in [3.8, 4) is 0 Å². The van der Waals surface area contributed by atoms with Crippen molar-refractivity contribution < 1.29 is 9.90 Å². The van der Waals surface area contributed by atoms with Crippen molar-refractivity contribution in [3.05, 3.63) is 29.6 Å². The number of hydrogen-bond donors (Lipinski definition) is 1. The molecule has 4 rings (SSSR count). The van der Waals surface area contributed by atoms with Crippen molar-refractivity contribution >= 4 is 17.0 Å². The quantitative estimate of drug-likeness (QED) is 0.941. The van der Waals surface area contributed by atoms with Crippen LogP contribution in [0.1, 0.15) is 47.4 Å². The Balaban J connectivity index is 1.86. The highest BCUT2D eigenvalue weighted by atomic mass is 16.4. The molecule has 0 bridgehead atoms. The lowest BCUT2D eigenvalue weighted by Gasteiger charge is -2.16. The minimum absolute atomic E-state index is 0.318. The van der Waals surface area contributed by atoms with Crippen molar-refractivity contribution in [2.45, 2.75) is 31.2 Å². The molecule has 1 unspecified atom stereocenters. The Hall–Kier alpha value is -1.88. The van der Waals surface area contributed by atoms with E-state index in [2.05, 4.69) is 16.5 Å². The number of hydrogen-bond acceptors (Lipinski definition) is 3. The van der Waals surface area contributed by atoms with E-state index in [1.807, 2.05) is 6.07 Å². The first kappa shape index (κ1) is 12.8. The molecule has 1 saturated heterocycles. The van der Waals surface area contributed by atoms with Gasteiger partial charge in [-0.2, -0.15) is 0 Å². The molecule has 110 valence electrons. The molecule has 2 fully saturated rings. The molecule has 5 heteroatoms. The lowest BCUT2D eigenvalue weighted by atomic mass is 10.2. The highest BCUT2D eigenvalue weighted by molar-refractivity contribution is 5.92. The average Bonchev–Trinajstić information content (AvgIpc) is 3.11. The van der Waals surface area contributed by atoms with E-state index in [9.17, 15) is 4.79 Å². The van der Waals surface area contributed by atoms with Gasteiger partial charge in [0.2, 0.25) is 0 Å². The first-order chi connectivity index (χ1) is 10.1. The van der Waals surface area contributed by atoms with Crippen LogP contribution in [0.5, 0.6) is 0 Å². The van der Waals surface area contributed by atoms with E-state index in [0.717, 1.165) is 36.4 Å². The molecule has 2 heterocycles. The number of benzene rings is 1. The van der Waals surface area contributed by atoms with Gasteiger partial charge >= 0.3 is 5.97 Å². The Morgan fingerprint density at radius 2 is 2.14 bits per heavy atom. The van der Waals surface area contributed by atoms with Crippen LogP contribution in [0.3, 0.4) is 0 Å². The van der Waals surface area contributed by atoms with Crippen molar-refractivity contribution in [2.75, 3.05) is 20.1 Å². The number of fused-ring (bicyclic) bond motifs is 1. The first-order valence-corrected chi connectivity index (χ1v) is 7.57. The molecule has 1 aliphatic heterocycles. The minimum Gasteiger partial charge on any atom is -0.478 e. The lowest BCUT2D eigenvalue weighted by molar-refractivity contribution is 0.0697. The number of likely N-dealkylation sites (N-methyl/N-ethyl adjacent to an activating group) is 1. The van der Waals surface area contributed by atoms with E-state index in [4.69, 9.17) is 10.1 Å². The van der Waals surface area contributed by atoms with Gasteiger partial charge in [0, 0.05) is 18.5 Å². The summed E-state index contributed by atoms with van der Waals surface area (Å²) in [6.07, 6.45) is 3.55. The summed E-state index contributed by atoms with van der Waals surface area (Å²) >= 11 is 0. The van der Waals surface area contributed by atoms with Crippen LogP contribution in [0.25, 0.3) is 11.0 Å². The number of nitrogens with zero attached hydrogens (tertiary/aromatic N) is 3. The standard InChI is InChI=1S/C16H19N3O2/c1-18-7-6-12(9-18)19-14-5-4-11(16(20)21)8-13(14)17-15(19)10-2-3-10/h4-5,8,10,12H,2-3,6-7,9H2,1H3,(H,20,21). The molecule has 0 spiro atoms. The zero-order valence-corrected chi connectivity index (χ0v) is 12.1. The molecule has 2 aromatic rings. The maximum Gasteiger partial charge on any atom is 0.335 e. The second kappa shape index (κ2) is 4.56. The molecule has 0 radical (unpaired) electrons. The number of imidazole rings is 1. The second-order valence-corrected chi connectivity index (χ2v) is 6.33. The fourth-order valence-electron chi connectivity index (χ4n) is 3.39. The van der Waals surface area contributed by atoms with Gasteiger partial charge in [-0.1, -0.05) is 0 Å². The molecule has 5 nitrogen and oxygen atoms in total. The molecular weight excluding hydrogens is 266 g/mol. The third kappa shape index (κ3) is 2.12. The molecular formula is C16H19N3O2. The average molecular weight is 285 g/mol. The van der Waals surface area contributed by atoms with E-state index in [1.165, 1.54) is 12.8 Å². The number of aromatic carboxylic acids is 1. The van der Waals surface area contributed by atoms with Gasteiger partial charge in [0.1, 0.15) is 5.82 Å². The SMILES string of the molecule is CN1CCC(n2c(C3CC3)nc3cc(C(=O)O)ccc32)C1. The summed E-state index contributed by atoms with van der Waals surface area (Å²) in [6, 6.07) is 5.79. The number of carbonyl (C=O) groups is 1. The summed E-state index contributed by atoms with van der Waals surface area (Å²) in [4.78, 5) is 18.3. The van der Waals surface area contributed by atoms with Crippen molar-refractivity contribution in [1.29, 1.82) is 0 Å². The van der Waals surface area contributed by atoms with E-state index in [-0.39, 0.29) is 0 Å². The normalized spacial score (nSPS) is 23.0. The van der Waals surface area contributed by atoms with Gasteiger partial charge < -0.3 is 14.6 Å². The first-order valence-electron chi connectivity index (χ1n) is 7.57. The highest BCUT2D eigenvalue weighted by Crippen LogP contribution is 2.42. The summed E-state index contributed by atoms with van der Waals surface area (Å²) in [5.41, 5.74) is 2.23. The van der Waals surface area contributed by atoms with Crippen LogP contribution in [-0.4, -0.2) is 45.7 Å². The summed E-state index contributed by atoms with van der Waals surface area (Å²) in [5, 5.41) is 9.15. The van der Waals surface area contributed by atoms with Crippen molar-refractivity contribution in [2.24, 2.45) is 0 Å². The van der Waals surface area contributed by atoms with Gasteiger partial charge in [0.25, 0.3) is 0 Å². The van der Waals surface area contributed by atoms with Crippen LogP contribution in [0.4, 0.5) is 0 Å². The zero-order valence-electron chi connectivity index (χ0n) is 12.1. The Morgan fingerprint density at radius 3 is 2.76 bits per heavy atom. The van der Waals surface area contributed by atoms with Crippen LogP contribution in [0, 0.1) is 0 Å². The highest BCUT2D eigenvalue weighted by Gasteiger charge is 2.33. The Bertz CT molecular complexity index is 718. The van der Waals surface area contributed by atoms with Crippen LogP contribution in [-0.2, 0) is 0 Å². The third-order valence-electron chi connectivity index (χ3n) is 4.64. The van der Waals surface area contributed by atoms with Crippen molar-refractivity contribution in [1.82, 2.24) is 14.5 Å². The van der Waals surface area contributed by atoms with E-state index in [0.29, 0.717) is 17.5 Å². The molecule has 1 atom stereocenters. The monoisotopic (exact) mass is 285 g/mol. The zero-order chi connectivity index (χ0) is 14.6. The number of carboxylic acid groups (broad SMARTS) is 1. The molecule has 0 amide bonds. The van der Waals surface area contributed by atoms with E-state index < -0.39 is 5.97 Å². The Morgan fingerprint density at radius 1 is 1.33 bits per heavy atom. The van der Waals surface area contributed by atoms with Crippen LogP contribution >= 0.6 is 0 Å². The summed E-state index contributed by atoms with van der Waals surface area (Å²) < 4.78 is 2.38. The van der Waals surface area contributed by atoms with Gasteiger partial charge in [-0.15, -0.1) is 0 Å². The third-order valence-corrected chi connectivity index (χ3v) is 4.64. The number of carboxylic acids is 1. The number of likely N-dealkylation sites (tertiary alicyclic amines) is 1. The van der Waals surface area contributed by atoms with E-state index in [1.54, 1.807) is 12.1 Å². The lowest BCUT2D eigenvalue weighted by Crippen LogP contribution is -2.17. The van der Waals surface area contributed by atoms with Gasteiger partial charge in [-0.25, -0.2) is 9.78 Å². The van der Waals surface area contributed by atoms with E-state index >= 15 is 0 Å². The largest absolute Gasteiger partial charge is 0.478 e. The van der Waals surface area contributed by atoms with Gasteiger partial charge in [-0.05, 0) is 51.1 Å². The van der Waals surface area contributed by atoms with Crippen LogP contribution < -0.4 is 0 Å². The molecule has 1 aliphatic carbocycles. The molecule has 1 aromatic heterocycles. The summed E-state index contributed by atoms with van der Waals surface area (Å²) in [6.45, 7) is 2.16. The number of aromatic nitrogens is 2. The van der Waals surface area contributed by atoms with Gasteiger partial charge in [0.15, 0.2) is 0 Å². The molecule has 1 saturated carbocycles. The Labute approximate surface area is 123 Å². The molecule has 21 heavy (non-hydrogen) atoms. The second-order valence-electron chi connectivity index (χ2n) is 6.33. The number of rotatable bonds is 3. The fraction of sp³-hybridized carbons (Fsp3) is 0.500. The molecule has 1 N–H and O–H groups in total. The summed E-state index contributed by atoms with van der Waals surface area (Å²) in [5.74, 6) is 0.837. The smallest absolute Gasteiger partial charge is 0.335 e. The van der Waals surface area contributed by atoms with Gasteiger partial charge in [0.05, 0.1) is 16.6 Å². The minimum atomic E-state index is -0.889. The molecule has 1 aromatic carbocycles. The fourth-order valence-corrected chi connectivity index (χ4v) is 3.39. The maximum atomic E-state index is 11.1. The maximum absolute atomic E-state index is 11.1. The predicted molar refractivity (Wildman–Crippen MR) is 79.8 cm³/mol. The van der Waals surface area contributed by atoms with Gasteiger partial charge in [-0.3, -0.25) is 0 Å². The van der Waals surface area contributed by atoms with Crippen LogP contribution in [0.2, 0.25) is 0 Å². The van der Waals surface area contributed by atoms with Crippen LogP contribution in [0.15, 0.2) is 18.2 Å². The van der Waals surface area contributed by atoms with Crippen molar-refractivity contribution in [3.63, 3.8) is 0 Å². The Kier molecular flexibility index (Phi) is 2.79.